The van der Waals surface area contributed by atoms with Gasteiger partial charge in [0.15, 0.2) is 0 Å². The lowest BCUT2D eigenvalue weighted by Gasteiger charge is -2.21. The average molecular weight is 253 g/mol. The molecular weight excluding hydrogens is 234 g/mol. The van der Waals surface area contributed by atoms with Crippen molar-refractivity contribution in [3.8, 4) is 0 Å². The molecule has 0 bridgehead atoms. The summed E-state index contributed by atoms with van der Waals surface area (Å²) < 4.78 is 1.95. The van der Waals surface area contributed by atoms with Crippen molar-refractivity contribution in [3.63, 3.8) is 0 Å². The number of nitrogens with zero attached hydrogens (tertiary/aromatic N) is 3. The summed E-state index contributed by atoms with van der Waals surface area (Å²) in [4.78, 5) is 13.7. The van der Waals surface area contributed by atoms with Crippen LogP contribution in [-0.2, 0) is 4.79 Å². The van der Waals surface area contributed by atoms with Gasteiger partial charge in [0.05, 0.1) is 12.2 Å². The van der Waals surface area contributed by atoms with E-state index in [0.717, 1.165) is 18.7 Å². The number of carbonyl (C=O) groups is 1. The Labute approximate surface area is 107 Å². The van der Waals surface area contributed by atoms with Crippen LogP contribution in [0.3, 0.4) is 0 Å². The second kappa shape index (κ2) is 5.12. The first-order chi connectivity index (χ1) is 8.13. The molecule has 1 saturated heterocycles. The topological polar surface area (TPSA) is 38.1 Å². The van der Waals surface area contributed by atoms with Crippen molar-refractivity contribution in [1.82, 2.24) is 9.78 Å². The molecule has 1 aliphatic rings. The first-order valence-corrected chi connectivity index (χ1v) is 6.67. The third-order valence-corrected chi connectivity index (χ3v) is 3.50. The summed E-state index contributed by atoms with van der Waals surface area (Å²) in [5.41, 5.74) is 0. The van der Waals surface area contributed by atoms with Gasteiger partial charge in [-0.2, -0.15) is 17.7 Å². The highest BCUT2D eigenvalue weighted by Crippen LogP contribution is 2.27. The molecule has 1 aliphatic heterocycles. The molecule has 2 rings (SSSR count). The fourth-order valence-corrected chi connectivity index (χ4v) is 2.63. The summed E-state index contributed by atoms with van der Waals surface area (Å²) in [6.45, 7) is 4.98. The van der Waals surface area contributed by atoms with Gasteiger partial charge in [-0.1, -0.05) is 13.3 Å². The van der Waals surface area contributed by atoms with Crippen LogP contribution < -0.4 is 4.90 Å². The Balaban J connectivity index is 2.21. The number of thiol groups is 1. The molecule has 2 heterocycles. The lowest BCUT2D eigenvalue weighted by atomic mass is 10.2. The minimum atomic E-state index is 0.146. The van der Waals surface area contributed by atoms with Gasteiger partial charge in [0, 0.05) is 24.3 Å². The second-order valence-electron chi connectivity index (χ2n) is 4.63. The van der Waals surface area contributed by atoms with Gasteiger partial charge in [-0.25, -0.2) is 4.68 Å². The Morgan fingerprint density at radius 3 is 3.00 bits per heavy atom. The summed E-state index contributed by atoms with van der Waals surface area (Å²) in [5.74, 6) is 1.06. The maximum Gasteiger partial charge on any atom is 0.229 e. The number of anilines is 1. The molecular formula is C12H19N3OS. The fraction of sp³-hybridized carbons (Fsp3) is 0.667. The van der Waals surface area contributed by atoms with Gasteiger partial charge in [-0.15, -0.1) is 0 Å². The van der Waals surface area contributed by atoms with E-state index >= 15 is 0 Å². The molecule has 17 heavy (non-hydrogen) atoms. The van der Waals surface area contributed by atoms with E-state index < -0.39 is 0 Å². The molecule has 1 aromatic heterocycles. The Morgan fingerprint density at radius 2 is 2.41 bits per heavy atom. The zero-order valence-corrected chi connectivity index (χ0v) is 11.2. The van der Waals surface area contributed by atoms with Gasteiger partial charge in [-0.05, 0) is 13.3 Å². The number of rotatable bonds is 4. The first-order valence-electron chi connectivity index (χ1n) is 6.15. The zero-order chi connectivity index (χ0) is 12.4. The predicted octanol–water partition coefficient (Wildman–Crippen LogP) is 2.28. The van der Waals surface area contributed by atoms with Crippen molar-refractivity contribution in [3.05, 3.63) is 12.3 Å². The van der Waals surface area contributed by atoms with E-state index in [4.69, 9.17) is 0 Å². The van der Waals surface area contributed by atoms with Gasteiger partial charge in [0.25, 0.3) is 0 Å². The Morgan fingerprint density at radius 1 is 1.65 bits per heavy atom. The van der Waals surface area contributed by atoms with Crippen molar-refractivity contribution in [2.24, 2.45) is 0 Å². The summed E-state index contributed by atoms with van der Waals surface area (Å²) >= 11 is 4.38. The minimum Gasteiger partial charge on any atom is -0.296 e. The van der Waals surface area contributed by atoms with E-state index in [0.29, 0.717) is 19.0 Å². The van der Waals surface area contributed by atoms with E-state index in [9.17, 15) is 4.79 Å². The van der Waals surface area contributed by atoms with Crippen molar-refractivity contribution >= 4 is 24.4 Å². The molecule has 0 saturated carbocycles. The molecule has 0 N–H and O–H groups in total. The number of hydrogen-bond acceptors (Lipinski definition) is 3. The van der Waals surface area contributed by atoms with E-state index in [2.05, 4.69) is 31.6 Å². The van der Waals surface area contributed by atoms with Crippen molar-refractivity contribution in [2.75, 3.05) is 11.4 Å². The molecule has 2 unspecified atom stereocenters. The lowest BCUT2D eigenvalue weighted by Crippen LogP contribution is -2.28. The highest BCUT2D eigenvalue weighted by Gasteiger charge is 2.30. The minimum absolute atomic E-state index is 0.146. The molecule has 1 aromatic rings. The van der Waals surface area contributed by atoms with Crippen LogP contribution in [0, 0.1) is 0 Å². The summed E-state index contributed by atoms with van der Waals surface area (Å²) in [7, 11) is 0. The molecule has 1 fully saturated rings. The van der Waals surface area contributed by atoms with Gasteiger partial charge in [-0.3, -0.25) is 9.69 Å². The van der Waals surface area contributed by atoms with Gasteiger partial charge < -0.3 is 0 Å². The van der Waals surface area contributed by atoms with Crippen LogP contribution in [0.15, 0.2) is 12.3 Å². The van der Waals surface area contributed by atoms with Crippen LogP contribution in [0.1, 0.15) is 39.2 Å². The molecule has 4 nitrogen and oxygen atoms in total. The predicted molar refractivity (Wildman–Crippen MR) is 71.6 cm³/mol. The van der Waals surface area contributed by atoms with Crippen LogP contribution in [0.25, 0.3) is 0 Å². The summed E-state index contributed by atoms with van der Waals surface area (Å²) in [5, 5.41) is 4.48. The standard InChI is InChI=1S/C12H19N3OS/c1-3-4-9(2)15-11(5-6-13-15)14-8-10(17)7-12(14)16/h5-6,9-10,17H,3-4,7-8H2,1-2H3. The van der Waals surface area contributed by atoms with E-state index in [1.807, 2.05) is 10.7 Å². The number of aromatic nitrogens is 2. The maximum atomic E-state index is 11.9. The summed E-state index contributed by atoms with van der Waals surface area (Å²) in [6.07, 6.45) is 4.47. The molecule has 1 amide bonds. The zero-order valence-electron chi connectivity index (χ0n) is 10.3. The average Bonchev–Trinajstić information content (AvgIpc) is 2.84. The number of carbonyl (C=O) groups excluding carboxylic acids is 1. The molecule has 0 radical (unpaired) electrons. The molecule has 0 aliphatic carbocycles. The van der Waals surface area contributed by atoms with Gasteiger partial charge in [0.1, 0.15) is 5.82 Å². The molecule has 0 aromatic carbocycles. The highest BCUT2D eigenvalue weighted by atomic mass is 32.1. The van der Waals surface area contributed by atoms with Crippen LogP contribution in [-0.4, -0.2) is 27.5 Å². The fourth-order valence-electron chi connectivity index (χ4n) is 2.31. The Bertz CT molecular complexity index is 404. The van der Waals surface area contributed by atoms with E-state index in [1.165, 1.54) is 0 Å². The molecule has 94 valence electrons. The third-order valence-electron chi connectivity index (χ3n) is 3.15. The quantitative estimate of drug-likeness (QED) is 0.836. The summed E-state index contributed by atoms with van der Waals surface area (Å²) in [6, 6.07) is 2.24. The monoisotopic (exact) mass is 253 g/mol. The second-order valence-corrected chi connectivity index (χ2v) is 5.36. The number of amides is 1. The van der Waals surface area contributed by atoms with Crippen molar-refractivity contribution in [1.29, 1.82) is 0 Å². The molecule has 2 atom stereocenters. The van der Waals surface area contributed by atoms with Crippen LogP contribution >= 0.6 is 12.6 Å². The highest BCUT2D eigenvalue weighted by molar-refractivity contribution is 7.81. The van der Waals surface area contributed by atoms with Crippen molar-refractivity contribution < 1.29 is 4.79 Å². The maximum absolute atomic E-state index is 11.9. The third kappa shape index (κ3) is 2.49. The first kappa shape index (κ1) is 12.5. The van der Waals surface area contributed by atoms with Gasteiger partial charge in [0.2, 0.25) is 5.91 Å². The number of hydrogen-bond donors (Lipinski definition) is 1. The van der Waals surface area contributed by atoms with E-state index in [1.54, 1.807) is 11.1 Å². The van der Waals surface area contributed by atoms with Crippen LogP contribution in [0.2, 0.25) is 0 Å². The Kier molecular flexibility index (Phi) is 3.76. The lowest BCUT2D eigenvalue weighted by molar-refractivity contribution is -0.117. The normalized spacial score (nSPS) is 22.2. The smallest absolute Gasteiger partial charge is 0.229 e. The molecule has 0 spiro atoms. The largest absolute Gasteiger partial charge is 0.296 e. The Hall–Kier alpha value is -0.970. The van der Waals surface area contributed by atoms with Crippen molar-refractivity contribution in [2.45, 2.75) is 44.4 Å². The van der Waals surface area contributed by atoms with Crippen LogP contribution in [0.5, 0.6) is 0 Å². The van der Waals surface area contributed by atoms with Crippen LogP contribution in [0.4, 0.5) is 5.82 Å². The van der Waals surface area contributed by atoms with E-state index in [-0.39, 0.29) is 11.2 Å². The van der Waals surface area contributed by atoms with Gasteiger partial charge >= 0.3 is 0 Å². The molecule has 5 heteroatoms. The SMILES string of the molecule is CCCC(C)n1nccc1N1CC(S)CC1=O.